The highest BCUT2D eigenvalue weighted by molar-refractivity contribution is 5.11. The number of ether oxygens (including phenoxy) is 1. The first kappa shape index (κ1) is 9.51. The molecule has 0 radical (unpaired) electrons. The molecule has 0 spiro atoms. The van der Waals surface area contributed by atoms with Crippen molar-refractivity contribution in [3.63, 3.8) is 0 Å². The van der Waals surface area contributed by atoms with Crippen LogP contribution in [0.3, 0.4) is 0 Å². The monoisotopic (exact) mass is 182 g/mol. The van der Waals surface area contributed by atoms with Gasteiger partial charge in [-0.2, -0.15) is 0 Å². The lowest BCUT2D eigenvalue weighted by Crippen LogP contribution is -2.27. The number of hydrogen-bond acceptors (Lipinski definition) is 1. The molecule has 1 nitrogen and oxygen atoms in total. The summed E-state index contributed by atoms with van der Waals surface area (Å²) >= 11 is 0. The Morgan fingerprint density at radius 1 is 1.08 bits per heavy atom. The van der Waals surface area contributed by atoms with Gasteiger partial charge in [-0.25, -0.2) is 0 Å². The van der Waals surface area contributed by atoms with Crippen LogP contribution in [0.25, 0.3) is 0 Å². The van der Waals surface area contributed by atoms with Gasteiger partial charge in [0.05, 0.1) is 11.7 Å². The quantitative estimate of drug-likeness (QED) is 0.605. The van der Waals surface area contributed by atoms with Crippen LogP contribution in [0.2, 0.25) is 0 Å². The standard InChI is InChI=1S/C12H22O/c1-11(2,3)13-8-6-9-10(7-8)12(9,4)5/h8-10H,6-7H2,1-5H3. The van der Waals surface area contributed by atoms with E-state index in [1.54, 1.807) is 0 Å². The molecule has 0 heterocycles. The van der Waals surface area contributed by atoms with Crippen LogP contribution >= 0.6 is 0 Å². The molecule has 0 aromatic carbocycles. The van der Waals surface area contributed by atoms with E-state index in [9.17, 15) is 0 Å². The number of fused-ring (bicyclic) bond motifs is 1. The van der Waals surface area contributed by atoms with Gasteiger partial charge >= 0.3 is 0 Å². The molecule has 2 saturated carbocycles. The van der Waals surface area contributed by atoms with E-state index in [4.69, 9.17) is 4.74 Å². The lowest BCUT2D eigenvalue weighted by Gasteiger charge is -2.27. The summed E-state index contributed by atoms with van der Waals surface area (Å²) in [4.78, 5) is 0. The van der Waals surface area contributed by atoms with Crippen LogP contribution in [0.1, 0.15) is 47.5 Å². The molecule has 2 rings (SSSR count). The molecule has 0 N–H and O–H groups in total. The summed E-state index contributed by atoms with van der Waals surface area (Å²) in [6, 6.07) is 0. The molecule has 13 heavy (non-hydrogen) atoms. The summed E-state index contributed by atoms with van der Waals surface area (Å²) in [5.41, 5.74) is 0.684. The molecule has 2 atom stereocenters. The van der Waals surface area contributed by atoms with Gasteiger partial charge in [-0.3, -0.25) is 0 Å². The summed E-state index contributed by atoms with van der Waals surface area (Å²) in [5.74, 6) is 1.92. The molecule has 0 aromatic rings. The van der Waals surface area contributed by atoms with E-state index in [1.165, 1.54) is 12.8 Å². The lowest BCUT2D eigenvalue weighted by molar-refractivity contribution is -0.0645. The van der Waals surface area contributed by atoms with Gasteiger partial charge in [0.2, 0.25) is 0 Å². The van der Waals surface area contributed by atoms with Crippen molar-refractivity contribution < 1.29 is 4.74 Å². The fourth-order valence-electron chi connectivity index (χ4n) is 3.05. The third-order valence-corrected chi connectivity index (χ3v) is 3.84. The second kappa shape index (κ2) is 2.50. The minimum absolute atomic E-state index is 0.0472. The minimum Gasteiger partial charge on any atom is -0.373 e. The molecule has 0 aliphatic heterocycles. The fraction of sp³-hybridized carbons (Fsp3) is 1.00. The first-order valence-electron chi connectivity index (χ1n) is 5.48. The van der Waals surface area contributed by atoms with Crippen molar-refractivity contribution in [1.82, 2.24) is 0 Å². The molecule has 2 unspecified atom stereocenters. The Morgan fingerprint density at radius 2 is 1.54 bits per heavy atom. The normalized spacial score (nSPS) is 41.8. The van der Waals surface area contributed by atoms with Gasteiger partial charge in [0.15, 0.2) is 0 Å². The first-order valence-corrected chi connectivity index (χ1v) is 5.48. The van der Waals surface area contributed by atoms with E-state index in [-0.39, 0.29) is 5.60 Å². The van der Waals surface area contributed by atoms with Crippen molar-refractivity contribution >= 4 is 0 Å². The molecule has 0 aromatic heterocycles. The average molecular weight is 182 g/mol. The predicted molar refractivity (Wildman–Crippen MR) is 54.6 cm³/mol. The zero-order chi connectivity index (χ0) is 9.85. The highest BCUT2D eigenvalue weighted by atomic mass is 16.5. The summed E-state index contributed by atoms with van der Waals surface area (Å²) < 4.78 is 5.99. The van der Waals surface area contributed by atoms with Gasteiger partial charge in [-0.15, -0.1) is 0 Å². The Kier molecular flexibility index (Phi) is 1.83. The SMILES string of the molecule is CC(C)(C)OC1CC2C(C1)C2(C)C. The first-order chi connectivity index (χ1) is 5.81. The largest absolute Gasteiger partial charge is 0.373 e. The fourth-order valence-corrected chi connectivity index (χ4v) is 3.05. The van der Waals surface area contributed by atoms with E-state index < -0.39 is 0 Å². The second-order valence-corrected chi connectivity index (χ2v) is 6.36. The van der Waals surface area contributed by atoms with E-state index in [1.807, 2.05) is 0 Å². The summed E-state index contributed by atoms with van der Waals surface area (Å²) in [7, 11) is 0. The number of hydrogen-bond donors (Lipinski definition) is 0. The van der Waals surface area contributed by atoms with Crippen molar-refractivity contribution in [2.24, 2.45) is 17.3 Å². The molecule has 2 aliphatic carbocycles. The third-order valence-electron chi connectivity index (χ3n) is 3.84. The smallest absolute Gasteiger partial charge is 0.0602 e. The van der Waals surface area contributed by atoms with Crippen molar-refractivity contribution in [2.45, 2.75) is 59.2 Å². The lowest BCUT2D eigenvalue weighted by atomic mass is 9.99. The number of rotatable bonds is 1. The molecular formula is C12H22O. The van der Waals surface area contributed by atoms with Gasteiger partial charge in [-0.05, 0) is 50.9 Å². The van der Waals surface area contributed by atoms with Crippen LogP contribution in [-0.2, 0) is 4.74 Å². The Morgan fingerprint density at radius 3 is 1.92 bits per heavy atom. The van der Waals surface area contributed by atoms with Crippen molar-refractivity contribution in [2.75, 3.05) is 0 Å². The van der Waals surface area contributed by atoms with Gasteiger partial charge < -0.3 is 4.74 Å². The Hall–Kier alpha value is -0.0400. The van der Waals surface area contributed by atoms with Crippen LogP contribution in [0.5, 0.6) is 0 Å². The van der Waals surface area contributed by atoms with Crippen molar-refractivity contribution in [3.05, 3.63) is 0 Å². The van der Waals surface area contributed by atoms with E-state index in [2.05, 4.69) is 34.6 Å². The zero-order valence-electron chi connectivity index (χ0n) is 9.55. The van der Waals surface area contributed by atoms with Gasteiger partial charge in [0, 0.05) is 0 Å². The molecule has 2 fully saturated rings. The second-order valence-electron chi connectivity index (χ2n) is 6.36. The van der Waals surface area contributed by atoms with Gasteiger partial charge in [-0.1, -0.05) is 13.8 Å². The Bertz CT molecular complexity index is 198. The van der Waals surface area contributed by atoms with Gasteiger partial charge in [0.1, 0.15) is 0 Å². The van der Waals surface area contributed by atoms with Crippen LogP contribution in [-0.4, -0.2) is 11.7 Å². The van der Waals surface area contributed by atoms with Gasteiger partial charge in [0.25, 0.3) is 0 Å². The van der Waals surface area contributed by atoms with E-state index in [0.29, 0.717) is 11.5 Å². The molecule has 1 heteroatoms. The summed E-state index contributed by atoms with van der Waals surface area (Å²) in [5, 5.41) is 0. The predicted octanol–water partition coefficient (Wildman–Crippen LogP) is 3.24. The minimum atomic E-state index is 0.0472. The van der Waals surface area contributed by atoms with E-state index >= 15 is 0 Å². The molecule has 0 bridgehead atoms. The summed E-state index contributed by atoms with van der Waals surface area (Å²) in [6.45, 7) is 11.3. The maximum absolute atomic E-state index is 5.99. The maximum Gasteiger partial charge on any atom is 0.0602 e. The average Bonchev–Trinajstić information content (AvgIpc) is 2.38. The highest BCUT2D eigenvalue weighted by Gasteiger charge is 2.62. The third kappa shape index (κ3) is 1.63. The molecule has 0 amide bonds. The highest BCUT2D eigenvalue weighted by Crippen LogP contribution is 2.67. The molecule has 0 saturated heterocycles. The van der Waals surface area contributed by atoms with E-state index in [0.717, 1.165) is 11.8 Å². The Balaban J connectivity index is 1.85. The zero-order valence-corrected chi connectivity index (χ0v) is 9.55. The Labute approximate surface area is 81.9 Å². The topological polar surface area (TPSA) is 9.23 Å². The van der Waals surface area contributed by atoms with Crippen LogP contribution in [0, 0.1) is 17.3 Å². The van der Waals surface area contributed by atoms with Crippen LogP contribution < -0.4 is 0 Å². The van der Waals surface area contributed by atoms with Crippen LogP contribution in [0.4, 0.5) is 0 Å². The van der Waals surface area contributed by atoms with Crippen LogP contribution in [0.15, 0.2) is 0 Å². The molecule has 76 valence electrons. The maximum atomic E-state index is 5.99. The molecule has 2 aliphatic rings. The van der Waals surface area contributed by atoms with Crippen molar-refractivity contribution in [3.8, 4) is 0 Å². The molecular weight excluding hydrogens is 160 g/mol. The van der Waals surface area contributed by atoms with Crippen molar-refractivity contribution in [1.29, 1.82) is 0 Å². The summed E-state index contributed by atoms with van der Waals surface area (Å²) in [6.07, 6.45) is 3.15.